The molecule has 0 fully saturated rings. The Morgan fingerprint density at radius 2 is 2.00 bits per heavy atom. The fraction of sp³-hybridized carbons (Fsp3) is 0.0667. The molecule has 3 aromatic rings. The summed E-state index contributed by atoms with van der Waals surface area (Å²) in [6.45, 7) is 0. The molecule has 21 heavy (non-hydrogen) atoms. The molecule has 5 nitrogen and oxygen atoms in total. The molecule has 1 aromatic heterocycles. The highest BCUT2D eigenvalue weighted by Crippen LogP contribution is 2.23. The summed E-state index contributed by atoms with van der Waals surface area (Å²) in [7, 11) is 0. The zero-order chi connectivity index (χ0) is 14.8. The standard InChI is InChI=1S/C15H12FN3O2/c16-11-2-1-3-12-14(11)19-15(21-12)18-10-6-4-9(5-7-10)8-13(17)20/h1-7H,8H2,(H2,17,20)(H,18,19). The molecule has 6 heteroatoms. The van der Waals surface area contributed by atoms with Crippen molar-refractivity contribution in [3.63, 3.8) is 0 Å². The van der Waals surface area contributed by atoms with Crippen molar-refractivity contribution in [1.82, 2.24) is 4.98 Å². The molecular formula is C15H12FN3O2. The van der Waals surface area contributed by atoms with E-state index >= 15 is 0 Å². The number of carbonyl (C=O) groups is 1. The van der Waals surface area contributed by atoms with Crippen LogP contribution in [-0.2, 0) is 11.2 Å². The molecule has 0 radical (unpaired) electrons. The van der Waals surface area contributed by atoms with Crippen LogP contribution in [0.2, 0.25) is 0 Å². The lowest BCUT2D eigenvalue weighted by molar-refractivity contribution is -0.117. The second-order valence-electron chi connectivity index (χ2n) is 4.57. The zero-order valence-electron chi connectivity index (χ0n) is 11.0. The van der Waals surface area contributed by atoms with E-state index in [1.807, 2.05) is 0 Å². The number of rotatable bonds is 4. The van der Waals surface area contributed by atoms with Gasteiger partial charge in [-0.15, -0.1) is 0 Å². The maximum absolute atomic E-state index is 13.5. The van der Waals surface area contributed by atoms with E-state index in [-0.39, 0.29) is 23.9 Å². The van der Waals surface area contributed by atoms with E-state index in [0.717, 1.165) is 11.3 Å². The van der Waals surface area contributed by atoms with Crippen LogP contribution in [0.25, 0.3) is 11.1 Å². The van der Waals surface area contributed by atoms with Gasteiger partial charge < -0.3 is 15.5 Å². The number of oxazole rings is 1. The van der Waals surface area contributed by atoms with Crippen molar-refractivity contribution in [2.45, 2.75) is 6.42 Å². The van der Waals surface area contributed by atoms with Gasteiger partial charge >= 0.3 is 0 Å². The van der Waals surface area contributed by atoms with Crippen molar-refractivity contribution < 1.29 is 13.6 Å². The normalized spacial score (nSPS) is 10.7. The number of primary amides is 1. The zero-order valence-corrected chi connectivity index (χ0v) is 11.0. The monoisotopic (exact) mass is 285 g/mol. The number of nitrogens with two attached hydrogens (primary N) is 1. The van der Waals surface area contributed by atoms with Crippen LogP contribution in [0.3, 0.4) is 0 Å². The van der Waals surface area contributed by atoms with Gasteiger partial charge in [0.1, 0.15) is 5.52 Å². The number of anilines is 2. The van der Waals surface area contributed by atoms with Crippen molar-refractivity contribution in [2.75, 3.05) is 5.32 Å². The molecule has 0 unspecified atom stereocenters. The predicted molar refractivity (Wildman–Crippen MR) is 76.6 cm³/mol. The summed E-state index contributed by atoms with van der Waals surface area (Å²) in [4.78, 5) is 14.9. The van der Waals surface area contributed by atoms with Crippen molar-refractivity contribution >= 4 is 28.7 Å². The Hall–Kier alpha value is -2.89. The van der Waals surface area contributed by atoms with Gasteiger partial charge in [-0.25, -0.2) is 4.39 Å². The maximum Gasteiger partial charge on any atom is 0.300 e. The molecule has 3 rings (SSSR count). The molecule has 0 saturated heterocycles. The number of para-hydroxylation sites is 1. The summed E-state index contributed by atoms with van der Waals surface area (Å²) in [5.41, 5.74) is 7.23. The molecular weight excluding hydrogens is 273 g/mol. The smallest absolute Gasteiger partial charge is 0.300 e. The lowest BCUT2D eigenvalue weighted by Gasteiger charge is -2.02. The third-order valence-electron chi connectivity index (χ3n) is 2.95. The van der Waals surface area contributed by atoms with Gasteiger partial charge in [0.25, 0.3) is 6.01 Å². The van der Waals surface area contributed by atoms with Crippen molar-refractivity contribution in [3.05, 3.63) is 53.8 Å². The second kappa shape index (κ2) is 5.24. The highest BCUT2D eigenvalue weighted by Gasteiger charge is 2.09. The Labute approximate surface area is 119 Å². The average molecular weight is 285 g/mol. The number of aromatic nitrogens is 1. The Morgan fingerprint density at radius 1 is 1.24 bits per heavy atom. The van der Waals surface area contributed by atoms with Gasteiger partial charge in [-0.2, -0.15) is 4.98 Å². The first kappa shape index (κ1) is 13.1. The highest BCUT2D eigenvalue weighted by molar-refractivity contribution is 5.77. The molecule has 0 saturated carbocycles. The summed E-state index contributed by atoms with van der Waals surface area (Å²) in [6.07, 6.45) is 0.189. The van der Waals surface area contributed by atoms with E-state index in [1.54, 1.807) is 36.4 Å². The van der Waals surface area contributed by atoms with Crippen LogP contribution in [-0.4, -0.2) is 10.9 Å². The Morgan fingerprint density at radius 3 is 2.67 bits per heavy atom. The summed E-state index contributed by atoms with van der Waals surface area (Å²) in [5, 5.41) is 2.94. The third-order valence-corrected chi connectivity index (χ3v) is 2.95. The Kier molecular flexibility index (Phi) is 3.27. The molecule has 1 heterocycles. The fourth-order valence-electron chi connectivity index (χ4n) is 2.00. The number of hydrogen-bond acceptors (Lipinski definition) is 4. The molecule has 0 aliphatic heterocycles. The first-order valence-corrected chi connectivity index (χ1v) is 6.31. The molecule has 2 aromatic carbocycles. The SMILES string of the molecule is NC(=O)Cc1ccc(Nc2nc3c(F)cccc3o2)cc1. The minimum absolute atomic E-state index is 0.186. The number of carbonyl (C=O) groups excluding carboxylic acids is 1. The Balaban J connectivity index is 1.81. The molecule has 0 aliphatic rings. The maximum atomic E-state index is 13.5. The molecule has 0 aliphatic carbocycles. The molecule has 0 spiro atoms. The van der Waals surface area contributed by atoms with E-state index in [1.165, 1.54) is 6.07 Å². The topological polar surface area (TPSA) is 81.2 Å². The van der Waals surface area contributed by atoms with Gasteiger partial charge in [-0.3, -0.25) is 4.79 Å². The van der Waals surface area contributed by atoms with E-state index in [4.69, 9.17) is 10.2 Å². The van der Waals surface area contributed by atoms with Gasteiger partial charge in [-0.1, -0.05) is 18.2 Å². The van der Waals surface area contributed by atoms with E-state index in [9.17, 15) is 9.18 Å². The summed E-state index contributed by atoms with van der Waals surface area (Å²) in [6, 6.07) is 11.8. The van der Waals surface area contributed by atoms with Crippen LogP contribution in [0, 0.1) is 5.82 Å². The summed E-state index contributed by atoms with van der Waals surface area (Å²) in [5.74, 6) is -0.814. The number of halogens is 1. The highest BCUT2D eigenvalue weighted by atomic mass is 19.1. The largest absolute Gasteiger partial charge is 0.423 e. The van der Waals surface area contributed by atoms with Crippen LogP contribution < -0.4 is 11.1 Å². The lowest BCUT2D eigenvalue weighted by atomic mass is 10.1. The first-order chi connectivity index (χ1) is 10.1. The quantitative estimate of drug-likeness (QED) is 0.772. The van der Waals surface area contributed by atoms with Gasteiger partial charge in [-0.05, 0) is 29.8 Å². The van der Waals surface area contributed by atoms with Gasteiger partial charge in [0, 0.05) is 5.69 Å². The number of fused-ring (bicyclic) bond motifs is 1. The first-order valence-electron chi connectivity index (χ1n) is 6.31. The van der Waals surface area contributed by atoms with Gasteiger partial charge in [0.15, 0.2) is 11.4 Å². The van der Waals surface area contributed by atoms with Crippen LogP contribution in [0.15, 0.2) is 46.9 Å². The molecule has 0 atom stereocenters. The van der Waals surface area contributed by atoms with E-state index in [2.05, 4.69) is 10.3 Å². The number of nitrogens with one attached hydrogen (secondary N) is 1. The predicted octanol–water partition coefficient (Wildman–Crippen LogP) is 2.74. The lowest BCUT2D eigenvalue weighted by Crippen LogP contribution is -2.13. The summed E-state index contributed by atoms with van der Waals surface area (Å²) < 4.78 is 18.9. The van der Waals surface area contributed by atoms with E-state index in [0.29, 0.717) is 5.58 Å². The fourth-order valence-corrected chi connectivity index (χ4v) is 2.00. The van der Waals surface area contributed by atoms with Crippen LogP contribution >= 0.6 is 0 Å². The van der Waals surface area contributed by atoms with Crippen LogP contribution in [0.1, 0.15) is 5.56 Å². The number of amides is 1. The number of benzene rings is 2. The molecule has 106 valence electrons. The van der Waals surface area contributed by atoms with Gasteiger partial charge in [0.05, 0.1) is 6.42 Å². The van der Waals surface area contributed by atoms with Crippen molar-refractivity contribution in [1.29, 1.82) is 0 Å². The molecule has 3 N–H and O–H groups in total. The van der Waals surface area contributed by atoms with Gasteiger partial charge in [0.2, 0.25) is 5.91 Å². The number of nitrogens with zero attached hydrogens (tertiary/aromatic N) is 1. The van der Waals surface area contributed by atoms with Crippen molar-refractivity contribution in [3.8, 4) is 0 Å². The second-order valence-corrected chi connectivity index (χ2v) is 4.57. The van der Waals surface area contributed by atoms with Crippen LogP contribution in [0.4, 0.5) is 16.1 Å². The average Bonchev–Trinajstić information content (AvgIpc) is 2.84. The Bertz CT molecular complexity index is 796. The summed E-state index contributed by atoms with van der Waals surface area (Å²) >= 11 is 0. The van der Waals surface area contributed by atoms with E-state index < -0.39 is 5.82 Å². The van der Waals surface area contributed by atoms with Crippen LogP contribution in [0.5, 0.6) is 0 Å². The minimum Gasteiger partial charge on any atom is -0.423 e. The minimum atomic E-state index is -0.430. The number of hydrogen-bond donors (Lipinski definition) is 2. The molecule has 0 bridgehead atoms. The third kappa shape index (κ3) is 2.84. The molecule has 1 amide bonds. The van der Waals surface area contributed by atoms with Crippen molar-refractivity contribution in [2.24, 2.45) is 5.73 Å².